The van der Waals surface area contributed by atoms with E-state index in [1.165, 1.54) is 148 Å². The van der Waals surface area contributed by atoms with E-state index in [-0.39, 0.29) is 31.1 Å². The molecule has 414 valence electrons. The molecule has 0 amide bonds. The van der Waals surface area contributed by atoms with Gasteiger partial charge in [-0.25, -0.2) is 0 Å². The highest BCUT2D eigenvalue weighted by atomic mass is 16.6. The van der Waals surface area contributed by atoms with Crippen LogP contribution in [0.3, 0.4) is 0 Å². The minimum Gasteiger partial charge on any atom is -0.462 e. The maximum absolute atomic E-state index is 12.9. The van der Waals surface area contributed by atoms with Gasteiger partial charge < -0.3 is 14.2 Å². The lowest BCUT2D eigenvalue weighted by Crippen LogP contribution is -2.30. The molecule has 0 N–H and O–H groups in total. The summed E-state index contributed by atoms with van der Waals surface area (Å²) in [5.41, 5.74) is 0. The van der Waals surface area contributed by atoms with Crippen LogP contribution in [0.4, 0.5) is 0 Å². The molecule has 0 aromatic rings. The Morgan fingerprint density at radius 3 is 0.847 bits per heavy atom. The molecule has 0 rings (SSSR count). The molecule has 0 saturated heterocycles. The molecular formula is C66H114O6. The first-order chi connectivity index (χ1) is 35.5. The molecular weight excluding hydrogens is 889 g/mol. The zero-order valence-corrected chi connectivity index (χ0v) is 47.4. The fourth-order valence-electron chi connectivity index (χ4n) is 8.56. The Hall–Kier alpha value is -3.41. The second kappa shape index (κ2) is 60.1. The fraction of sp³-hybridized carbons (Fsp3) is 0.742. The van der Waals surface area contributed by atoms with Gasteiger partial charge in [0.25, 0.3) is 0 Å². The average Bonchev–Trinajstić information content (AvgIpc) is 3.38. The lowest BCUT2D eigenvalue weighted by molar-refractivity contribution is -0.167. The number of esters is 3. The smallest absolute Gasteiger partial charge is 0.306 e. The molecule has 0 saturated carbocycles. The average molecular weight is 1000 g/mol. The topological polar surface area (TPSA) is 78.9 Å². The van der Waals surface area contributed by atoms with Crippen LogP contribution >= 0.6 is 0 Å². The van der Waals surface area contributed by atoms with Crippen molar-refractivity contribution in [2.75, 3.05) is 13.2 Å². The molecule has 0 aliphatic carbocycles. The summed E-state index contributed by atoms with van der Waals surface area (Å²) in [6.07, 6.45) is 78.7. The molecule has 1 atom stereocenters. The second-order valence-corrected chi connectivity index (χ2v) is 20.2. The molecule has 0 bridgehead atoms. The number of rotatable bonds is 55. The summed E-state index contributed by atoms with van der Waals surface area (Å²) >= 11 is 0. The number of carbonyl (C=O) groups excluding carboxylic acids is 3. The molecule has 0 aromatic carbocycles. The molecule has 0 spiro atoms. The Balaban J connectivity index is 4.31. The van der Waals surface area contributed by atoms with E-state index < -0.39 is 6.10 Å². The van der Waals surface area contributed by atoms with Crippen molar-refractivity contribution in [2.45, 2.75) is 303 Å². The lowest BCUT2D eigenvalue weighted by Gasteiger charge is -2.18. The molecule has 1 unspecified atom stereocenters. The summed E-state index contributed by atoms with van der Waals surface area (Å²) in [6.45, 7) is 6.51. The first kappa shape index (κ1) is 68.6. The predicted molar refractivity (Wildman–Crippen MR) is 311 cm³/mol. The van der Waals surface area contributed by atoms with Crippen LogP contribution in [0.25, 0.3) is 0 Å². The first-order valence-corrected chi connectivity index (χ1v) is 30.6. The van der Waals surface area contributed by atoms with Gasteiger partial charge in [0.05, 0.1) is 0 Å². The molecule has 0 aliphatic heterocycles. The SMILES string of the molecule is CC/C=C\C/C=C\C/C=C\C/C=C\CCCCCCCCCCC(=O)OC(COC(=O)CCCCCCCCCC/C=C\C/C=C\C/C=C\CCCCCCC)COC(=O)CCCCCCCCCCCC. The number of ether oxygens (including phenoxy) is 3. The molecule has 6 heteroatoms. The van der Waals surface area contributed by atoms with E-state index >= 15 is 0 Å². The minimum absolute atomic E-state index is 0.0804. The van der Waals surface area contributed by atoms with Gasteiger partial charge in [-0.2, -0.15) is 0 Å². The molecule has 0 radical (unpaired) electrons. The fourth-order valence-corrected chi connectivity index (χ4v) is 8.56. The molecule has 0 aromatic heterocycles. The zero-order valence-electron chi connectivity index (χ0n) is 47.4. The van der Waals surface area contributed by atoms with E-state index in [0.717, 1.165) is 109 Å². The van der Waals surface area contributed by atoms with Gasteiger partial charge in [-0.15, -0.1) is 0 Å². The van der Waals surface area contributed by atoms with Crippen LogP contribution in [0, 0.1) is 0 Å². The number of hydrogen-bond acceptors (Lipinski definition) is 6. The van der Waals surface area contributed by atoms with Crippen LogP contribution in [0.1, 0.15) is 297 Å². The quantitative estimate of drug-likeness (QED) is 0.0261. The van der Waals surface area contributed by atoms with Crippen LogP contribution in [-0.2, 0) is 28.6 Å². The van der Waals surface area contributed by atoms with Crippen LogP contribution in [0.5, 0.6) is 0 Å². The van der Waals surface area contributed by atoms with Gasteiger partial charge in [0.15, 0.2) is 6.10 Å². The van der Waals surface area contributed by atoms with Gasteiger partial charge in [-0.05, 0) is 96.3 Å². The van der Waals surface area contributed by atoms with Crippen molar-refractivity contribution in [1.82, 2.24) is 0 Å². The number of carbonyl (C=O) groups is 3. The van der Waals surface area contributed by atoms with Crippen molar-refractivity contribution < 1.29 is 28.6 Å². The van der Waals surface area contributed by atoms with Crippen LogP contribution in [0.2, 0.25) is 0 Å². The van der Waals surface area contributed by atoms with Crippen molar-refractivity contribution >= 4 is 17.9 Å². The Morgan fingerprint density at radius 2 is 0.542 bits per heavy atom. The van der Waals surface area contributed by atoms with Crippen LogP contribution in [0.15, 0.2) is 85.1 Å². The Bertz CT molecular complexity index is 1380. The van der Waals surface area contributed by atoms with Crippen molar-refractivity contribution in [2.24, 2.45) is 0 Å². The summed E-state index contributed by atoms with van der Waals surface area (Å²) in [5, 5.41) is 0. The molecule has 6 nitrogen and oxygen atoms in total. The third-order valence-electron chi connectivity index (χ3n) is 13.1. The van der Waals surface area contributed by atoms with E-state index in [0.29, 0.717) is 19.3 Å². The van der Waals surface area contributed by atoms with E-state index in [1.54, 1.807) is 0 Å². The van der Waals surface area contributed by atoms with Gasteiger partial charge in [0.1, 0.15) is 13.2 Å². The van der Waals surface area contributed by atoms with Crippen molar-refractivity contribution in [3.05, 3.63) is 85.1 Å². The van der Waals surface area contributed by atoms with Gasteiger partial charge in [-0.3, -0.25) is 14.4 Å². The summed E-state index contributed by atoms with van der Waals surface area (Å²) < 4.78 is 16.9. The molecule has 0 heterocycles. The highest BCUT2D eigenvalue weighted by Gasteiger charge is 2.19. The zero-order chi connectivity index (χ0) is 52.2. The van der Waals surface area contributed by atoms with Gasteiger partial charge in [0.2, 0.25) is 0 Å². The van der Waals surface area contributed by atoms with Crippen molar-refractivity contribution in [3.63, 3.8) is 0 Å². The lowest BCUT2D eigenvalue weighted by atomic mass is 10.1. The Morgan fingerprint density at radius 1 is 0.292 bits per heavy atom. The number of allylic oxidation sites excluding steroid dienone is 14. The molecule has 72 heavy (non-hydrogen) atoms. The molecule has 0 aliphatic rings. The first-order valence-electron chi connectivity index (χ1n) is 30.6. The summed E-state index contributed by atoms with van der Waals surface area (Å²) in [7, 11) is 0. The minimum atomic E-state index is -0.783. The summed E-state index contributed by atoms with van der Waals surface area (Å²) in [4.78, 5) is 38.2. The highest BCUT2D eigenvalue weighted by molar-refractivity contribution is 5.71. The Labute approximate surface area is 445 Å². The summed E-state index contributed by atoms with van der Waals surface area (Å²) in [5.74, 6) is -0.889. The van der Waals surface area contributed by atoms with Gasteiger partial charge >= 0.3 is 17.9 Å². The summed E-state index contributed by atoms with van der Waals surface area (Å²) in [6, 6.07) is 0. The van der Waals surface area contributed by atoms with E-state index in [1.807, 2.05) is 0 Å². The maximum atomic E-state index is 12.9. The van der Waals surface area contributed by atoms with Gasteiger partial charge in [-0.1, -0.05) is 266 Å². The van der Waals surface area contributed by atoms with Crippen LogP contribution in [-0.4, -0.2) is 37.2 Å². The van der Waals surface area contributed by atoms with Crippen molar-refractivity contribution in [3.8, 4) is 0 Å². The maximum Gasteiger partial charge on any atom is 0.306 e. The largest absolute Gasteiger partial charge is 0.462 e. The molecule has 0 fully saturated rings. The monoisotopic (exact) mass is 1000 g/mol. The third kappa shape index (κ3) is 57.5. The van der Waals surface area contributed by atoms with E-state index in [4.69, 9.17) is 14.2 Å². The Kier molecular flexibility index (Phi) is 57.3. The highest BCUT2D eigenvalue weighted by Crippen LogP contribution is 2.16. The third-order valence-corrected chi connectivity index (χ3v) is 13.1. The normalized spacial score (nSPS) is 12.7. The van der Waals surface area contributed by atoms with Crippen molar-refractivity contribution in [1.29, 1.82) is 0 Å². The van der Waals surface area contributed by atoms with Gasteiger partial charge in [0, 0.05) is 19.3 Å². The standard InChI is InChI=1S/C66H114O6/c1-4-7-10-13-16-19-22-24-26-28-30-32-33-35-36-38-40-42-44-47-50-53-56-59-65(68)71-62-63(61-70-64(67)58-55-52-49-46-21-18-15-12-9-6-3)72-66(69)60-57-54-51-48-45-43-41-39-37-34-31-29-27-25-23-20-17-14-11-8-5-2/h8,11,17,20,22,24-25,27-28,30-31,33-35,63H,4-7,9-10,12-16,18-19,21,23,26,29,32,36-62H2,1-3H3/b11-8-,20-17-,24-22-,27-25-,30-28-,34-31-,35-33-. The number of unbranched alkanes of at least 4 members (excludes halogenated alkanes) is 30. The van der Waals surface area contributed by atoms with E-state index in [2.05, 4.69) is 106 Å². The predicted octanol–water partition coefficient (Wildman–Crippen LogP) is 20.7. The number of hydrogen-bond donors (Lipinski definition) is 0. The second-order valence-electron chi connectivity index (χ2n) is 20.2. The van der Waals surface area contributed by atoms with E-state index in [9.17, 15) is 14.4 Å². The van der Waals surface area contributed by atoms with Crippen LogP contribution < -0.4 is 0 Å².